The fourth-order valence-electron chi connectivity index (χ4n) is 1.12. The lowest BCUT2D eigenvalue weighted by Crippen LogP contribution is -2.15. The summed E-state index contributed by atoms with van der Waals surface area (Å²) in [5.74, 6) is -0.473. The monoisotopic (exact) mass is 282 g/mol. The summed E-state index contributed by atoms with van der Waals surface area (Å²) >= 11 is 0. The third-order valence-electron chi connectivity index (χ3n) is 1.98. The normalized spacial score (nSPS) is 11.5. The van der Waals surface area contributed by atoms with Crippen molar-refractivity contribution >= 4 is 27.4 Å². The Kier molecular flexibility index (Phi) is 4.57. The molecule has 19 heavy (non-hydrogen) atoms. The highest BCUT2D eigenvalue weighted by Gasteiger charge is 2.15. The minimum absolute atomic E-state index is 0.0262. The van der Waals surface area contributed by atoms with E-state index >= 15 is 0 Å². The van der Waals surface area contributed by atoms with Crippen LogP contribution in [-0.4, -0.2) is 31.7 Å². The Hall–Kier alpha value is -2.44. The van der Waals surface area contributed by atoms with Gasteiger partial charge in [0.2, 0.25) is 11.6 Å². The van der Waals surface area contributed by atoms with Crippen LogP contribution in [0.15, 0.2) is 34.3 Å². The molecule has 1 aromatic carbocycles. The molecule has 0 atom stereocenters. The van der Waals surface area contributed by atoms with Crippen molar-refractivity contribution in [3.63, 3.8) is 0 Å². The average molecular weight is 282 g/mol. The predicted octanol–water partition coefficient (Wildman–Crippen LogP) is 0.848. The van der Waals surface area contributed by atoms with Crippen molar-refractivity contribution in [1.82, 2.24) is 0 Å². The predicted molar refractivity (Wildman–Crippen MR) is 67.7 cm³/mol. The van der Waals surface area contributed by atoms with Crippen molar-refractivity contribution in [3.8, 4) is 6.07 Å². The Balaban J connectivity index is 3.12. The van der Waals surface area contributed by atoms with Gasteiger partial charge in [0.15, 0.2) is 0 Å². The fraction of sp³-hybridized carbons (Fsp3) is 0.100. The standard InChI is InChI=1S/C10H10N4O4S/c1-18-10(12)8(6-11)14-13-7-4-2-3-5-9(7)19(15,16)17/h2-5,12-13H,1H3,(H,15,16,17)/b12-10?,14-8-. The smallest absolute Gasteiger partial charge is 0.296 e. The first kappa shape index (κ1) is 14.6. The van der Waals surface area contributed by atoms with E-state index in [0.29, 0.717) is 0 Å². The average Bonchev–Trinajstić information content (AvgIpc) is 2.38. The zero-order valence-corrected chi connectivity index (χ0v) is 10.6. The summed E-state index contributed by atoms with van der Waals surface area (Å²) in [6.45, 7) is 0. The minimum Gasteiger partial charge on any atom is -0.479 e. The van der Waals surface area contributed by atoms with E-state index in [2.05, 4.69) is 15.3 Å². The Morgan fingerprint density at radius 2 is 2.16 bits per heavy atom. The number of nitrogens with zero attached hydrogens (tertiary/aromatic N) is 2. The highest BCUT2D eigenvalue weighted by atomic mass is 32.2. The highest BCUT2D eigenvalue weighted by Crippen LogP contribution is 2.20. The van der Waals surface area contributed by atoms with Crippen LogP contribution in [0.4, 0.5) is 5.69 Å². The van der Waals surface area contributed by atoms with Gasteiger partial charge in [-0.25, -0.2) is 0 Å². The molecule has 0 aliphatic carbocycles. The molecular weight excluding hydrogens is 272 g/mol. The van der Waals surface area contributed by atoms with Crippen LogP contribution in [0.3, 0.4) is 0 Å². The second kappa shape index (κ2) is 5.94. The van der Waals surface area contributed by atoms with Gasteiger partial charge in [0.25, 0.3) is 10.1 Å². The summed E-state index contributed by atoms with van der Waals surface area (Å²) in [5, 5.41) is 19.5. The molecule has 0 aliphatic heterocycles. The van der Waals surface area contributed by atoms with Crippen LogP contribution in [-0.2, 0) is 14.9 Å². The molecule has 0 amide bonds. The molecule has 0 heterocycles. The van der Waals surface area contributed by atoms with E-state index in [0.717, 1.165) is 0 Å². The van der Waals surface area contributed by atoms with Crippen molar-refractivity contribution in [2.75, 3.05) is 12.5 Å². The Bertz CT molecular complexity index is 660. The van der Waals surface area contributed by atoms with E-state index in [1.54, 1.807) is 6.07 Å². The number of nitrogens with one attached hydrogen (secondary N) is 2. The summed E-state index contributed by atoms with van der Waals surface area (Å²) in [7, 11) is -3.22. The molecule has 1 aromatic rings. The number of para-hydroxylation sites is 1. The van der Waals surface area contributed by atoms with Crippen molar-refractivity contribution < 1.29 is 17.7 Å². The maximum absolute atomic E-state index is 11.1. The maximum atomic E-state index is 11.1. The molecular formula is C10H10N4O4S. The molecule has 8 nitrogen and oxygen atoms in total. The van der Waals surface area contributed by atoms with Crippen molar-refractivity contribution in [3.05, 3.63) is 24.3 Å². The topological polar surface area (TPSA) is 136 Å². The van der Waals surface area contributed by atoms with E-state index < -0.39 is 16.0 Å². The van der Waals surface area contributed by atoms with Crippen LogP contribution in [0, 0.1) is 16.7 Å². The molecule has 9 heteroatoms. The molecule has 0 radical (unpaired) electrons. The van der Waals surface area contributed by atoms with Gasteiger partial charge in [0.05, 0.1) is 12.8 Å². The van der Waals surface area contributed by atoms with Gasteiger partial charge in [-0.2, -0.15) is 18.8 Å². The second-order valence-corrected chi connectivity index (χ2v) is 4.58. The largest absolute Gasteiger partial charge is 0.479 e. The molecule has 0 bridgehead atoms. The number of methoxy groups -OCH3 is 1. The fourth-order valence-corrected chi connectivity index (χ4v) is 1.77. The number of rotatable bonds is 4. The number of nitriles is 1. The number of hydrogen-bond donors (Lipinski definition) is 3. The zero-order valence-electron chi connectivity index (χ0n) is 9.78. The lowest BCUT2D eigenvalue weighted by Gasteiger charge is -2.06. The SMILES string of the molecule is COC(=N)/C(C#N)=N\Nc1ccccc1S(=O)(=O)O. The van der Waals surface area contributed by atoms with Gasteiger partial charge in [-0.1, -0.05) is 12.1 Å². The van der Waals surface area contributed by atoms with Gasteiger partial charge >= 0.3 is 0 Å². The Labute approximate surface area is 109 Å². The first-order valence-electron chi connectivity index (χ1n) is 4.83. The number of hydrogen-bond acceptors (Lipinski definition) is 7. The van der Waals surface area contributed by atoms with E-state index in [-0.39, 0.29) is 16.3 Å². The van der Waals surface area contributed by atoms with Crippen LogP contribution < -0.4 is 5.43 Å². The van der Waals surface area contributed by atoms with Crippen LogP contribution in [0.25, 0.3) is 0 Å². The van der Waals surface area contributed by atoms with Crippen LogP contribution in [0.5, 0.6) is 0 Å². The van der Waals surface area contributed by atoms with Crippen LogP contribution in [0.1, 0.15) is 0 Å². The molecule has 100 valence electrons. The van der Waals surface area contributed by atoms with Gasteiger partial charge in [0, 0.05) is 0 Å². The summed E-state index contributed by atoms with van der Waals surface area (Å²) in [5.41, 5.74) is 1.90. The van der Waals surface area contributed by atoms with Crippen molar-refractivity contribution in [2.24, 2.45) is 5.10 Å². The molecule has 3 N–H and O–H groups in total. The van der Waals surface area contributed by atoms with Gasteiger partial charge < -0.3 is 4.74 Å². The molecule has 1 rings (SSSR count). The quantitative estimate of drug-likeness (QED) is 0.324. The summed E-state index contributed by atoms with van der Waals surface area (Å²) in [4.78, 5) is -0.389. The molecule has 0 unspecified atom stereocenters. The second-order valence-electron chi connectivity index (χ2n) is 3.19. The lowest BCUT2D eigenvalue weighted by molar-refractivity contribution is 0.408. The Morgan fingerprint density at radius 3 is 2.68 bits per heavy atom. The third-order valence-corrected chi connectivity index (χ3v) is 2.89. The van der Waals surface area contributed by atoms with Gasteiger partial charge in [0.1, 0.15) is 11.0 Å². The summed E-state index contributed by atoms with van der Waals surface area (Å²) in [6, 6.07) is 7.05. The summed E-state index contributed by atoms with van der Waals surface area (Å²) < 4.78 is 35.7. The number of benzene rings is 1. The zero-order chi connectivity index (χ0) is 14.5. The van der Waals surface area contributed by atoms with Crippen LogP contribution in [0.2, 0.25) is 0 Å². The lowest BCUT2D eigenvalue weighted by atomic mass is 10.3. The van der Waals surface area contributed by atoms with Crippen LogP contribution >= 0.6 is 0 Å². The first-order chi connectivity index (χ1) is 8.90. The molecule has 0 spiro atoms. The van der Waals surface area contributed by atoms with Gasteiger partial charge in [-0.15, -0.1) is 0 Å². The van der Waals surface area contributed by atoms with E-state index in [9.17, 15) is 8.42 Å². The summed E-state index contributed by atoms with van der Waals surface area (Å²) in [6.07, 6.45) is 0. The molecule has 0 aromatic heterocycles. The highest BCUT2D eigenvalue weighted by molar-refractivity contribution is 7.86. The molecule has 0 fully saturated rings. The first-order valence-corrected chi connectivity index (χ1v) is 6.27. The van der Waals surface area contributed by atoms with Crippen molar-refractivity contribution in [1.29, 1.82) is 10.7 Å². The van der Waals surface area contributed by atoms with E-state index in [4.69, 9.17) is 15.2 Å². The maximum Gasteiger partial charge on any atom is 0.296 e. The Morgan fingerprint density at radius 1 is 1.53 bits per heavy atom. The third kappa shape index (κ3) is 3.77. The van der Waals surface area contributed by atoms with Gasteiger partial charge in [-0.05, 0) is 12.1 Å². The minimum atomic E-state index is -4.41. The number of hydrazone groups is 1. The van der Waals surface area contributed by atoms with Crippen molar-refractivity contribution in [2.45, 2.75) is 4.90 Å². The van der Waals surface area contributed by atoms with E-state index in [1.165, 1.54) is 31.4 Å². The van der Waals surface area contributed by atoms with Gasteiger partial charge in [-0.3, -0.25) is 15.4 Å². The number of anilines is 1. The molecule has 0 saturated heterocycles. The molecule has 0 saturated carbocycles. The molecule has 0 aliphatic rings. The number of ether oxygens (including phenoxy) is 1. The van der Waals surface area contributed by atoms with E-state index in [1.807, 2.05) is 0 Å².